The summed E-state index contributed by atoms with van der Waals surface area (Å²) in [7, 11) is 0. The van der Waals surface area contributed by atoms with Crippen molar-refractivity contribution in [1.82, 2.24) is 19.5 Å². The van der Waals surface area contributed by atoms with Crippen molar-refractivity contribution in [2.45, 2.75) is 24.0 Å². The highest BCUT2D eigenvalue weighted by atomic mass is 16.6. The van der Waals surface area contributed by atoms with Gasteiger partial charge in [-0.3, -0.25) is 9.36 Å². The van der Waals surface area contributed by atoms with Crippen LogP contribution in [0.5, 0.6) is 0 Å². The molecule has 10 nitrogen and oxygen atoms in total. The number of rotatable bonds is 3. The van der Waals surface area contributed by atoms with Crippen LogP contribution < -0.4 is 5.73 Å². The molecule has 1 saturated heterocycles. The lowest BCUT2D eigenvalue weighted by molar-refractivity contribution is -0.140. The quantitative estimate of drug-likeness (QED) is 0.453. The number of nitrogens with zero attached hydrogens (tertiary/aromatic N) is 4. The molecule has 3 heterocycles. The summed E-state index contributed by atoms with van der Waals surface area (Å²) in [5, 5.41) is 29.5. The molecule has 5 N–H and O–H groups in total. The van der Waals surface area contributed by atoms with Crippen LogP contribution >= 0.6 is 0 Å². The summed E-state index contributed by atoms with van der Waals surface area (Å²) in [4.78, 5) is 22.9. The van der Waals surface area contributed by atoms with E-state index in [0.29, 0.717) is 5.52 Å². The fourth-order valence-electron chi connectivity index (χ4n) is 2.38. The largest absolute Gasteiger partial charge is 0.394 e. The van der Waals surface area contributed by atoms with E-state index >= 15 is 0 Å². The summed E-state index contributed by atoms with van der Waals surface area (Å²) in [5.41, 5.74) is 4.02. The van der Waals surface area contributed by atoms with Crippen LogP contribution in [0.3, 0.4) is 0 Å². The maximum absolute atomic E-state index is 11.1. The van der Waals surface area contributed by atoms with Gasteiger partial charge in [0.15, 0.2) is 29.6 Å². The van der Waals surface area contributed by atoms with Crippen molar-refractivity contribution in [3.05, 3.63) is 12.7 Å². The predicted octanol–water partition coefficient (Wildman–Crippen LogP) is -2.41. The fourth-order valence-corrected chi connectivity index (χ4v) is 2.38. The van der Waals surface area contributed by atoms with E-state index in [0.717, 1.165) is 0 Å². The molecule has 112 valence electrons. The Kier molecular flexibility index (Phi) is 3.10. The Labute approximate surface area is 117 Å². The van der Waals surface area contributed by atoms with Crippen LogP contribution in [0.25, 0.3) is 11.2 Å². The number of carbonyl (C=O) groups is 1. The van der Waals surface area contributed by atoms with Crippen LogP contribution in [-0.4, -0.2) is 65.5 Å². The molecule has 0 amide bonds. The molecule has 0 aliphatic carbocycles. The molecule has 1 fully saturated rings. The maximum atomic E-state index is 11.1. The van der Waals surface area contributed by atoms with Gasteiger partial charge in [-0.25, -0.2) is 15.0 Å². The van der Waals surface area contributed by atoms with E-state index < -0.39 is 30.6 Å². The van der Waals surface area contributed by atoms with Crippen molar-refractivity contribution >= 4 is 23.3 Å². The molecule has 0 bridgehead atoms. The molecular weight excluding hydrogens is 282 g/mol. The third-order valence-electron chi connectivity index (χ3n) is 3.58. The number of ether oxygens (including phenoxy) is 1. The van der Waals surface area contributed by atoms with Gasteiger partial charge in [-0.05, 0) is 0 Å². The second-order valence-corrected chi connectivity index (χ2v) is 4.73. The van der Waals surface area contributed by atoms with Crippen LogP contribution in [0.1, 0.15) is 6.23 Å². The number of aliphatic hydroxyl groups is 3. The van der Waals surface area contributed by atoms with Gasteiger partial charge in [-0.15, -0.1) is 0 Å². The molecule has 10 heteroatoms. The van der Waals surface area contributed by atoms with Crippen molar-refractivity contribution in [3.8, 4) is 0 Å². The van der Waals surface area contributed by atoms with Gasteiger partial charge in [0.1, 0.15) is 24.1 Å². The molecule has 2 aromatic rings. The molecule has 1 aliphatic rings. The van der Waals surface area contributed by atoms with E-state index in [9.17, 15) is 20.1 Å². The molecule has 0 aromatic carbocycles. The first-order valence-electron chi connectivity index (χ1n) is 6.09. The van der Waals surface area contributed by atoms with Gasteiger partial charge in [-0.2, -0.15) is 0 Å². The normalized spacial score (nSPS) is 32.6. The Balaban J connectivity index is 2.08. The van der Waals surface area contributed by atoms with Crippen LogP contribution in [-0.2, 0) is 9.53 Å². The lowest BCUT2D eigenvalue weighted by Gasteiger charge is -2.23. The number of nitrogen functional groups attached to an aromatic ring is 1. The minimum Gasteiger partial charge on any atom is -0.394 e. The van der Waals surface area contributed by atoms with Gasteiger partial charge < -0.3 is 25.8 Å². The molecular formula is C11H13N5O5. The van der Waals surface area contributed by atoms with E-state index in [-0.39, 0.29) is 17.8 Å². The Morgan fingerprint density at radius 3 is 2.86 bits per heavy atom. The van der Waals surface area contributed by atoms with Crippen molar-refractivity contribution in [1.29, 1.82) is 0 Å². The Morgan fingerprint density at radius 2 is 2.24 bits per heavy atom. The topological polar surface area (TPSA) is 157 Å². The molecule has 21 heavy (non-hydrogen) atoms. The van der Waals surface area contributed by atoms with E-state index in [1.165, 1.54) is 17.2 Å². The number of hydrogen-bond acceptors (Lipinski definition) is 9. The van der Waals surface area contributed by atoms with Crippen LogP contribution in [0, 0.1) is 0 Å². The molecule has 3 rings (SSSR count). The second-order valence-electron chi connectivity index (χ2n) is 4.73. The Bertz CT molecular complexity index is 691. The van der Waals surface area contributed by atoms with E-state index in [4.69, 9.17) is 10.5 Å². The first-order valence-corrected chi connectivity index (χ1v) is 6.09. The molecule has 0 spiro atoms. The summed E-state index contributed by atoms with van der Waals surface area (Å²) >= 11 is 0. The van der Waals surface area contributed by atoms with Crippen LogP contribution in [0.15, 0.2) is 12.7 Å². The number of aldehydes is 1. The van der Waals surface area contributed by atoms with Crippen molar-refractivity contribution in [2.75, 3.05) is 12.3 Å². The molecule has 4 atom stereocenters. The lowest BCUT2D eigenvalue weighted by atomic mass is 9.94. The first kappa shape index (κ1) is 13.8. The summed E-state index contributed by atoms with van der Waals surface area (Å²) in [6.45, 7) is -0.632. The number of anilines is 1. The lowest BCUT2D eigenvalue weighted by Crippen LogP contribution is -2.50. The zero-order valence-electron chi connectivity index (χ0n) is 10.7. The SMILES string of the molecule is Nc1ncnc2c1ncn2[C@@H]1O[C@H](CO)C(O)(C=O)C1O. The number of nitrogens with two attached hydrogens (primary N) is 1. The summed E-state index contributed by atoms with van der Waals surface area (Å²) in [6, 6.07) is 0. The van der Waals surface area contributed by atoms with Gasteiger partial charge in [0.25, 0.3) is 0 Å². The van der Waals surface area contributed by atoms with E-state index in [2.05, 4.69) is 15.0 Å². The summed E-state index contributed by atoms with van der Waals surface area (Å²) in [5.74, 6) is 0.149. The smallest absolute Gasteiger partial charge is 0.178 e. The van der Waals surface area contributed by atoms with Gasteiger partial charge in [-0.1, -0.05) is 0 Å². The Morgan fingerprint density at radius 1 is 1.48 bits per heavy atom. The standard InChI is InChI=1S/C11H13N5O5/c12-8-6-9(14-3-13-8)16(4-15-6)10-7(19)11(20,2-18)5(1-17)21-10/h2-5,7,10,17,19-20H,1H2,(H2,12,13,14)/t5-,7?,10-,11?/m1/s1. The Hall–Kier alpha value is -2.14. The van der Waals surface area contributed by atoms with Crippen molar-refractivity contribution in [2.24, 2.45) is 0 Å². The highest BCUT2D eigenvalue weighted by molar-refractivity contribution is 5.81. The van der Waals surface area contributed by atoms with Crippen LogP contribution in [0.2, 0.25) is 0 Å². The maximum Gasteiger partial charge on any atom is 0.178 e. The number of imidazole rings is 1. The third-order valence-corrected chi connectivity index (χ3v) is 3.58. The van der Waals surface area contributed by atoms with Crippen LogP contribution in [0.4, 0.5) is 5.82 Å². The monoisotopic (exact) mass is 295 g/mol. The zero-order chi connectivity index (χ0) is 15.2. The minimum absolute atomic E-state index is 0.149. The van der Waals surface area contributed by atoms with Gasteiger partial charge in [0, 0.05) is 0 Å². The van der Waals surface area contributed by atoms with Gasteiger partial charge >= 0.3 is 0 Å². The molecule has 2 unspecified atom stereocenters. The number of carbonyl (C=O) groups excluding carboxylic acids is 1. The molecule has 2 aromatic heterocycles. The number of fused-ring (bicyclic) bond motifs is 1. The fraction of sp³-hybridized carbons (Fsp3) is 0.455. The average molecular weight is 295 g/mol. The summed E-state index contributed by atoms with van der Waals surface area (Å²) in [6.07, 6.45) is -1.33. The van der Waals surface area contributed by atoms with E-state index in [1.54, 1.807) is 0 Å². The highest BCUT2D eigenvalue weighted by Crippen LogP contribution is 2.37. The third kappa shape index (κ3) is 1.81. The predicted molar refractivity (Wildman–Crippen MR) is 67.8 cm³/mol. The first-order chi connectivity index (χ1) is 10.0. The number of hydrogen-bond donors (Lipinski definition) is 4. The zero-order valence-corrected chi connectivity index (χ0v) is 10.7. The molecule has 0 radical (unpaired) electrons. The minimum atomic E-state index is -2.21. The number of aliphatic hydroxyl groups excluding tert-OH is 2. The average Bonchev–Trinajstić information content (AvgIpc) is 3.01. The molecule has 0 saturated carbocycles. The highest BCUT2D eigenvalue weighted by Gasteiger charge is 2.56. The summed E-state index contributed by atoms with van der Waals surface area (Å²) < 4.78 is 6.68. The van der Waals surface area contributed by atoms with Crippen molar-refractivity contribution < 1.29 is 24.9 Å². The second kappa shape index (κ2) is 4.70. The number of aromatic nitrogens is 4. The van der Waals surface area contributed by atoms with Crippen molar-refractivity contribution in [3.63, 3.8) is 0 Å². The molecule has 1 aliphatic heterocycles. The van der Waals surface area contributed by atoms with E-state index in [1.807, 2.05) is 0 Å². The van der Waals surface area contributed by atoms with Gasteiger partial charge in [0.2, 0.25) is 0 Å². The van der Waals surface area contributed by atoms with Gasteiger partial charge in [0.05, 0.1) is 12.9 Å².